The zero-order chi connectivity index (χ0) is 38.1. The van der Waals surface area contributed by atoms with E-state index in [-0.39, 0.29) is 50.4 Å². The van der Waals surface area contributed by atoms with E-state index in [4.69, 9.17) is 28.4 Å². The van der Waals surface area contributed by atoms with Crippen molar-refractivity contribution in [1.29, 1.82) is 0 Å². The Morgan fingerprint density at radius 1 is 0.642 bits per heavy atom. The summed E-state index contributed by atoms with van der Waals surface area (Å²) in [6, 6.07) is 0. The Bertz CT molecular complexity index is 1230. The van der Waals surface area contributed by atoms with Gasteiger partial charge in [-0.15, -0.1) is 0 Å². The Hall–Kier alpha value is -1.43. The fourth-order valence-electron chi connectivity index (χ4n) is 8.69. The van der Waals surface area contributed by atoms with Gasteiger partial charge in [0.25, 0.3) is 0 Å². The first-order valence-corrected chi connectivity index (χ1v) is 18.8. The van der Waals surface area contributed by atoms with Crippen LogP contribution in [0.5, 0.6) is 0 Å². The van der Waals surface area contributed by atoms with Gasteiger partial charge >= 0.3 is 5.97 Å². The van der Waals surface area contributed by atoms with Crippen molar-refractivity contribution < 1.29 is 89.4 Å². The second kappa shape index (κ2) is 17.8. The third-order valence-corrected chi connectivity index (χ3v) is 11.9. The average Bonchev–Trinajstić information content (AvgIpc) is 3.12. The number of rotatable bonds is 9. The summed E-state index contributed by atoms with van der Waals surface area (Å²) in [6.07, 6.45) is -16.8. The van der Waals surface area contributed by atoms with Crippen molar-refractivity contribution in [3.05, 3.63) is 12.2 Å². The normalized spacial score (nSPS) is 51.1. The molecule has 3 saturated carbocycles. The van der Waals surface area contributed by atoms with Gasteiger partial charge in [0.1, 0.15) is 49.3 Å². The molecule has 3 aliphatic heterocycles. The van der Waals surface area contributed by atoms with Crippen LogP contribution in [0.4, 0.5) is 0 Å². The van der Waals surface area contributed by atoms with Crippen LogP contribution < -0.4 is 0 Å². The van der Waals surface area contributed by atoms with Gasteiger partial charge in [-0.05, 0) is 69.6 Å². The minimum atomic E-state index is -1.80. The molecule has 0 radical (unpaired) electrons. The van der Waals surface area contributed by atoms with E-state index in [0.29, 0.717) is 19.3 Å². The van der Waals surface area contributed by atoms with Gasteiger partial charge in [-0.2, -0.15) is 0 Å². The molecule has 53 heavy (non-hydrogen) atoms. The molecule has 12 unspecified atom stereocenters. The number of aliphatic hydroxyl groups excluding tert-OH is 11. The standard InChI is InChI=1S/C35H56O18/c36-16-9-20(39)17-11-25(32(50-24(17)10-16)15-3-5-19(38)22(41)8-15)51-35-33(53-34-31(47)28(44)23(42)12-49-34)30(46)29(45)26(52-35)13-48-27(43)6-2-14-1-4-18(37)21(40)7-14/h2,6,14-26,28-42,44-47H,1,3-5,7-13H2/t14?,15?,16?,17?,18?,19?,20?,21?,22?,23-,24?,25?,26-,28+,29+,30+,31-,32?,33-,34+,35-/m1/s1. The number of carbonyl (C=O) groups is 1. The van der Waals surface area contributed by atoms with Crippen LogP contribution in [0.15, 0.2) is 12.2 Å². The molecule has 0 aromatic carbocycles. The molecule has 6 rings (SSSR count). The maximum absolute atomic E-state index is 12.7. The average molecular weight is 765 g/mol. The van der Waals surface area contributed by atoms with E-state index in [0.717, 1.165) is 0 Å². The van der Waals surface area contributed by atoms with Gasteiger partial charge in [0.15, 0.2) is 12.6 Å². The monoisotopic (exact) mass is 764 g/mol. The third kappa shape index (κ3) is 9.58. The van der Waals surface area contributed by atoms with Crippen LogP contribution in [0.25, 0.3) is 0 Å². The van der Waals surface area contributed by atoms with Crippen LogP contribution in [0.1, 0.15) is 57.8 Å². The lowest BCUT2D eigenvalue weighted by Crippen LogP contribution is -2.65. The summed E-state index contributed by atoms with van der Waals surface area (Å²) < 4.78 is 35.8. The number of ether oxygens (including phenoxy) is 6. The van der Waals surface area contributed by atoms with E-state index >= 15 is 0 Å². The minimum Gasteiger partial charge on any atom is -0.460 e. The number of carbonyl (C=O) groups excluding carboxylic acids is 1. The molecule has 3 aliphatic carbocycles. The number of aliphatic hydroxyl groups is 11. The van der Waals surface area contributed by atoms with Gasteiger partial charge in [-0.3, -0.25) is 0 Å². The van der Waals surface area contributed by atoms with Crippen LogP contribution >= 0.6 is 0 Å². The van der Waals surface area contributed by atoms with E-state index < -0.39 is 135 Å². The second-order valence-corrected chi connectivity index (χ2v) is 15.7. The quantitative estimate of drug-likeness (QED) is 0.0789. The van der Waals surface area contributed by atoms with Crippen molar-refractivity contribution in [2.75, 3.05) is 13.2 Å². The number of hydrogen-bond acceptors (Lipinski definition) is 18. The molecule has 0 spiro atoms. The van der Waals surface area contributed by atoms with E-state index in [9.17, 15) is 61.0 Å². The lowest BCUT2D eigenvalue weighted by Gasteiger charge is -2.51. The lowest BCUT2D eigenvalue weighted by molar-refractivity contribution is -0.371. The summed E-state index contributed by atoms with van der Waals surface area (Å²) in [7, 11) is 0. The van der Waals surface area contributed by atoms with E-state index in [1.165, 1.54) is 6.08 Å². The summed E-state index contributed by atoms with van der Waals surface area (Å²) in [5.74, 6) is -1.78. The van der Waals surface area contributed by atoms with Crippen LogP contribution in [-0.2, 0) is 33.2 Å². The molecule has 21 atom stereocenters. The molecule has 3 saturated heterocycles. The summed E-state index contributed by atoms with van der Waals surface area (Å²) in [6.45, 7) is -0.972. The first kappa shape index (κ1) is 41.2. The highest BCUT2D eigenvalue weighted by molar-refractivity contribution is 5.81. The Balaban J connectivity index is 1.20. The molecular formula is C35H56O18. The summed E-state index contributed by atoms with van der Waals surface area (Å²) in [5, 5.41) is 115. The van der Waals surface area contributed by atoms with E-state index in [1.54, 1.807) is 6.08 Å². The summed E-state index contributed by atoms with van der Waals surface area (Å²) in [5.41, 5.74) is 0. The molecule has 0 bridgehead atoms. The predicted molar refractivity (Wildman–Crippen MR) is 175 cm³/mol. The van der Waals surface area contributed by atoms with Crippen LogP contribution in [0, 0.1) is 17.8 Å². The van der Waals surface area contributed by atoms with Crippen molar-refractivity contribution in [1.82, 2.24) is 0 Å². The summed E-state index contributed by atoms with van der Waals surface area (Å²) >= 11 is 0. The van der Waals surface area contributed by atoms with Gasteiger partial charge in [-0.1, -0.05) is 6.08 Å². The molecule has 304 valence electrons. The first-order chi connectivity index (χ1) is 25.2. The van der Waals surface area contributed by atoms with Gasteiger partial charge in [0.2, 0.25) is 0 Å². The van der Waals surface area contributed by atoms with Crippen molar-refractivity contribution >= 4 is 5.97 Å². The molecule has 6 aliphatic rings. The third-order valence-electron chi connectivity index (χ3n) is 11.9. The van der Waals surface area contributed by atoms with Crippen molar-refractivity contribution in [3.63, 3.8) is 0 Å². The van der Waals surface area contributed by atoms with E-state index in [2.05, 4.69) is 0 Å². The first-order valence-electron chi connectivity index (χ1n) is 18.8. The number of hydrogen-bond donors (Lipinski definition) is 11. The molecule has 18 nitrogen and oxygen atoms in total. The highest BCUT2D eigenvalue weighted by Gasteiger charge is 2.54. The zero-order valence-corrected chi connectivity index (χ0v) is 29.3. The molecule has 18 heteroatoms. The van der Waals surface area contributed by atoms with Gasteiger partial charge in [0, 0.05) is 12.0 Å². The molecule has 3 heterocycles. The molecule has 0 aromatic rings. The molecule has 0 aromatic heterocycles. The molecule has 11 N–H and O–H groups in total. The van der Waals surface area contributed by atoms with Gasteiger partial charge in [0.05, 0.1) is 61.5 Å². The Morgan fingerprint density at radius 2 is 1.36 bits per heavy atom. The predicted octanol–water partition coefficient (Wildman–Crippen LogP) is -3.92. The minimum absolute atomic E-state index is 0.114. The Kier molecular flexibility index (Phi) is 13.8. The van der Waals surface area contributed by atoms with Crippen molar-refractivity contribution in [2.45, 2.75) is 168 Å². The zero-order valence-electron chi connectivity index (χ0n) is 29.3. The van der Waals surface area contributed by atoms with Crippen LogP contribution in [-0.4, -0.2) is 186 Å². The fourth-order valence-corrected chi connectivity index (χ4v) is 8.69. The van der Waals surface area contributed by atoms with Gasteiger partial charge in [-0.25, -0.2) is 4.79 Å². The molecule has 0 amide bonds. The highest BCUT2D eigenvalue weighted by atomic mass is 16.8. The molecular weight excluding hydrogens is 708 g/mol. The SMILES string of the molecule is O=C(C=CC1CCC(O)C(O)C1)OC[C@H]1O[C@@H](OC2CC3C(O)CC(O)CC3OC2C2CCC(O)C(O)C2)[C@H](O[C@@H]2OC[C@@H](O)[C@H](O)[C@H]2O)[C@@H](O)[C@H]1O. The maximum atomic E-state index is 12.7. The molecule has 6 fully saturated rings. The van der Waals surface area contributed by atoms with Crippen molar-refractivity contribution in [2.24, 2.45) is 17.8 Å². The van der Waals surface area contributed by atoms with Crippen LogP contribution in [0.3, 0.4) is 0 Å². The largest absolute Gasteiger partial charge is 0.460 e. The Labute approximate surface area is 306 Å². The Morgan fingerprint density at radius 3 is 2.08 bits per heavy atom. The smallest absolute Gasteiger partial charge is 0.330 e. The van der Waals surface area contributed by atoms with Crippen molar-refractivity contribution in [3.8, 4) is 0 Å². The lowest BCUT2D eigenvalue weighted by atomic mass is 9.72. The highest BCUT2D eigenvalue weighted by Crippen LogP contribution is 2.44. The van der Waals surface area contributed by atoms with E-state index in [1.807, 2.05) is 0 Å². The fraction of sp³-hybridized carbons (Fsp3) is 0.914. The maximum Gasteiger partial charge on any atom is 0.330 e. The van der Waals surface area contributed by atoms with Crippen LogP contribution in [0.2, 0.25) is 0 Å². The topological polar surface area (TPSA) is 295 Å². The summed E-state index contributed by atoms with van der Waals surface area (Å²) in [4.78, 5) is 12.7. The second-order valence-electron chi connectivity index (χ2n) is 15.7. The number of esters is 1. The number of fused-ring (bicyclic) bond motifs is 1. The van der Waals surface area contributed by atoms with Gasteiger partial charge < -0.3 is 84.6 Å². The number of allylic oxidation sites excluding steroid dienone is 1.